The molecule has 2 aromatic carbocycles. The standard InChI is InChI=1S/C17H14FN3O3S/c1-23-13-8-7-10(9-14(13)24-2)16-20-21-17(25-16)19-15(22)11-5-3-4-6-12(11)18/h3-9H,1-2H3,(H,19,21,22). The third-order valence-corrected chi connectivity index (χ3v) is 4.28. The van der Waals surface area contributed by atoms with Gasteiger partial charge in [0.2, 0.25) is 5.13 Å². The number of methoxy groups -OCH3 is 2. The van der Waals surface area contributed by atoms with Crippen LogP contribution in [0.4, 0.5) is 9.52 Å². The quantitative estimate of drug-likeness (QED) is 0.753. The molecule has 1 N–H and O–H groups in total. The fraction of sp³-hybridized carbons (Fsp3) is 0.118. The Bertz CT molecular complexity index is 914. The van der Waals surface area contributed by atoms with Crippen LogP contribution in [-0.4, -0.2) is 30.3 Å². The van der Waals surface area contributed by atoms with Crippen LogP contribution in [-0.2, 0) is 0 Å². The number of nitrogens with zero attached hydrogens (tertiary/aromatic N) is 2. The zero-order valence-corrected chi connectivity index (χ0v) is 14.3. The van der Waals surface area contributed by atoms with Crippen molar-refractivity contribution in [3.63, 3.8) is 0 Å². The summed E-state index contributed by atoms with van der Waals surface area (Å²) in [4.78, 5) is 12.1. The molecule has 0 saturated heterocycles. The molecule has 0 radical (unpaired) electrons. The van der Waals surface area contributed by atoms with Gasteiger partial charge in [0.05, 0.1) is 19.8 Å². The lowest BCUT2D eigenvalue weighted by molar-refractivity contribution is 0.102. The van der Waals surface area contributed by atoms with Crippen LogP contribution in [0.25, 0.3) is 10.6 Å². The second-order valence-corrected chi connectivity index (χ2v) is 5.89. The summed E-state index contributed by atoms with van der Waals surface area (Å²) in [5, 5.41) is 11.4. The summed E-state index contributed by atoms with van der Waals surface area (Å²) in [6.45, 7) is 0. The largest absolute Gasteiger partial charge is 0.493 e. The van der Waals surface area contributed by atoms with Crippen molar-refractivity contribution in [2.24, 2.45) is 0 Å². The van der Waals surface area contributed by atoms with Crippen LogP contribution in [0.3, 0.4) is 0 Å². The van der Waals surface area contributed by atoms with Gasteiger partial charge in [-0.25, -0.2) is 4.39 Å². The number of ether oxygens (including phenoxy) is 2. The summed E-state index contributed by atoms with van der Waals surface area (Å²) < 4.78 is 24.1. The van der Waals surface area contributed by atoms with E-state index in [1.807, 2.05) is 6.07 Å². The number of halogens is 1. The predicted molar refractivity (Wildman–Crippen MR) is 92.8 cm³/mol. The van der Waals surface area contributed by atoms with Gasteiger partial charge < -0.3 is 9.47 Å². The molecular formula is C17H14FN3O3S. The summed E-state index contributed by atoms with van der Waals surface area (Å²) in [6, 6.07) is 11.1. The number of amides is 1. The second-order valence-electron chi connectivity index (χ2n) is 4.92. The van der Waals surface area contributed by atoms with Gasteiger partial charge in [0.1, 0.15) is 10.8 Å². The number of carbonyl (C=O) groups is 1. The van der Waals surface area contributed by atoms with Gasteiger partial charge in [-0.05, 0) is 30.3 Å². The SMILES string of the molecule is COc1ccc(-c2nnc(NC(=O)c3ccccc3F)s2)cc1OC. The first kappa shape index (κ1) is 16.8. The van der Waals surface area contributed by atoms with Crippen LogP contribution in [0, 0.1) is 5.82 Å². The molecule has 6 nitrogen and oxygen atoms in total. The number of benzene rings is 2. The summed E-state index contributed by atoms with van der Waals surface area (Å²) in [7, 11) is 3.10. The van der Waals surface area contributed by atoms with Gasteiger partial charge in [0.15, 0.2) is 11.5 Å². The number of nitrogens with one attached hydrogen (secondary N) is 1. The lowest BCUT2D eigenvalue weighted by Crippen LogP contribution is -2.13. The minimum Gasteiger partial charge on any atom is -0.493 e. The minimum absolute atomic E-state index is 0.0506. The maximum atomic E-state index is 13.6. The van der Waals surface area contributed by atoms with Crippen molar-refractivity contribution in [3.05, 3.63) is 53.8 Å². The van der Waals surface area contributed by atoms with Gasteiger partial charge >= 0.3 is 0 Å². The van der Waals surface area contributed by atoms with Crippen molar-refractivity contribution in [1.82, 2.24) is 10.2 Å². The summed E-state index contributed by atoms with van der Waals surface area (Å²) in [6.07, 6.45) is 0. The van der Waals surface area contributed by atoms with E-state index < -0.39 is 11.7 Å². The van der Waals surface area contributed by atoms with Gasteiger partial charge in [-0.3, -0.25) is 10.1 Å². The molecule has 0 aliphatic rings. The molecule has 8 heteroatoms. The van der Waals surface area contributed by atoms with Gasteiger partial charge in [0, 0.05) is 5.56 Å². The Morgan fingerprint density at radius 3 is 2.56 bits per heavy atom. The number of carbonyl (C=O) groups excluding carboxylic acids is 1. The number of hydrogen-bond donors (Lipinski definition) is 1. The summed E-state index contributed by atoms with van der Waals surface area (Å²) >= 11 is 1.17. The average Bonchev–Trinajstić information content (AvgIpc) is 3.09. The zero-order valence-electron chi connectivity index (χ0n) is 13.4. The van der Waals surface area contributed by atoms with Crippen LogP contribution in [0.2, 0.25) is 0 Å². The molecule has 0 fully saturated rings. The van der Waals surface area contributed by atoms with E-state index in [4.69, 9.17) is 9.47 Å². The van der Waals surface area contributed by atoms with Crippen molar-refractivity contribution >= 4 is 22.4 Å². The van der Waals surface area contributed by atoms with Crippen LogP contribution in [0.15, 0.2) is 42.5 Å². The van der Waals surface area contributed by atoms with Gasteiger partial charge in [0.25, 0.3) is 5.91 Å². The highest BCUT2D eigenvalue weighted by Gasteiger charge is 2.15. The minimum atomic E-state index is -0.593. The molecule has 0 bridgehead atoms. The van der Waals surface area contributed by atoms with Crippen molar-refractivity contribution in [1.29, 1.82) is 0 Å². The topological polar surface area (TPSA) is 73.3 Å². The highest BCUT2D eigenvalue weighted by Crippen LogP contribution is 2.34. The van der Waals surface area contributed by atoms with Crippen molar-refractivity contribution in [2.75, 3.05) is 19.5 Å². The smallest absolute Gasteiger partial charge is 0.260 e. The first-order valence-corrected chi connectivity index (χ1v) is 8.06. The lowest BCUT2D eigenvalue weighted by atomic mass is 10.2. The zero-order chi connectivity index (χ0) is 17.8. The molecule has 0 aliphatic carbocycles. The van der Waals surface area contributed by atoms with Gasteiger partial charge in [-0.1, -0.05) is 23.5 Å². The molecule has 1 amide bonds. The first-order valence-electron chi connectivity index (χ1n) is 7.24. The molecule has 25 heavy (non-hydrogen) atoms. The maximum absolute atomic E-state index is 13.6. The normalized spacial score (nSPS) is 10.4. The second kappa shape index (κ2) is 7.27. The number of anilines is 1. The van der Waals surface area contributed by atoms with E-state index >= 15 is 0 Å². The molecule has 1 heterocycles. The Labute approximate surface area is 147 Å². The van der Waals surface area contributed by atoms with Gasteiger partial charge in [-0.2, -0.15) is 0 Å². The summed E-state index contributed by atoms with van der Waals surface area (Å²) in [5.41, 5.74) is 0.715. The first-order chi connectivity index (χ1) is 12.1. The third kappa shape index (κ3) is 3.58. The molecule has 1 aromatic heterocycles. The predicted octanol–water partition coefficient (Wildman–Crippen LogP) is 3.61. The molecular weight excluding hydrogens is 345 g/mol. The molecule has 128 valence electrons. The Hall–Kier alpha value is -3.00. The Balaban J connectivity index is 1.81. The number of hydrogen-bond acceptors (Lipinski definition) is 6. The van der Waals surface area contributed by atoms with E-state index in [0.717, 1.165) is 5.56 Å². The van der Waals surface area contributed by atoms with E-state index in [2.05, 4.69) is 15.5 Å². The molecule has 0 aliphatic heterocycles. The van der Waals surface area contributed by atoms with E-state index in [1.165, 1.54) is 29.5 Å². The van der Waals surface area contributed by atoms with Crippen molar-refractivity contribution in [3.8, 4) is 22.1 Å². The van der Waals surface area contributed by atoms with E-state index in [9.17, 15) is 9.18 Å². The molecule has 0 saturated carbocycles. The molecule has 0 unspecified atom stereocenters. The van der Waals surface area contributed by atoms with E-state index in [1.54, 1.807) is 32.4 Å². The van der Waals surface area contributed by atoms with Crippen molar-refractivity contribution in [2.45, 2.75) is 0 Å². The summed E-state index contributed by atoms with van der Waals surface area (Å²) in [5.74, 6) is -0.00581. The maximum Gasteiger partial charge on any atom is 0.260 e. The third-order valence-electron chi connectivity index (χ3n) is 3.39. The molecule has 0 spiro atoms. The number of aromatic nitrogens is 2. The highest BCUT2D eigenvalue weighted by atomic mass is 32.1. The van der Waals surface area contributed by atoms with Crippen LogP contribution >= 0.6 is 11.3 Å². The van der Waals surface area contributed by atoms with Crippen LogP contribution in [0.1, 0.15) is 10.4 Å². The molecule has 0 atom stereocenters. The number of rotatable bonds is 5. The average molecular weight is 359 g/mol. The van der Waals surface area contributed by atoms with Gasteiger partial charge in [-0.15, -0.1) is 10.2 Å². The highest BCUT2D eigenvalue weighted by molar-refractivity contribution is 7.18. The lowest BCUT2D eigenvalue weighted by Gasteiger charge is -2.07. The molecule has 3 rings (SSSR count). The van der Waals surface area contributed by atoms with E-state index in [-0.39, 0.29) is 10.7 Å². The Morgan fingerprint density at radius 1 is 1.08 bits per heavy atom. The fourth-order valence-electron chi connectivity index (χ4n) is 2.17. The monoisotopic (exact) mass is 359 g/mol. The van der Waals surface area contributed by atoms with Crippen LogP contribution < -0.4 is 14.8 Å². The van der Waals surface area contributed by atoms with Crippen LogP contribution in [0.5, 0.6) is 11.5 Å². The molecule has 3 aromatic rings. The Kier molecular flexibility index (Phi) is 4.90. The van der Waals surface area contributed by atoms with Crippen molar-refractivity contribution < 1.29 is 18.7 Å². The Morgan fingerprint density at radius 2 is 1.84 bits per heavy atom. The van der Waals surface area contributed by atoms with E-state index in [0.29, 0.717) is 16.5 Å². The fourth-order valence-corrected chi connectivity index (χ4v) is 2.90.